The van der Waals surface area contributed by atoms with Crippen LogP contribution in [0.3, 0.4) is 0 Å². The van der Waals surface area contributed by atoms with Crippen molar-refractivity contribution in [3.63, 3.8) is 0 Å². The average molecular weight is 478 g/mol. The smallest absolute Gasteiger partial charge is 0.312 e. The van der Waals surface area contributed by atoms with E-state index in [1.807, 2.05) is 0 Å². The SMILES string of the molecule is CCCCCCC(=O)NCC(=O)NC(CCCNC(N)=O)C(=O)Nc1ccc(COC=O)cc1. The third-order valence-electron chi connectivity index (χ3n) is 4.86. The zero-order valence-electron chi connectivity index (χ0n) is 19.6. The number of amides is 5. The summed E-state index contributed by atoms with van der Waals surface area (Å²) in [4.78, 5) is 58.1. The maximum Gasteiger partial charge on any atom is 0.312 e. The van der Waals surface area contributed by atoms with Crippen LogP contribution in [0.2, 0.25) is 0 Å². The van der Waals surface area contributed by atoms with E-state index in [-0.39, 0.29) is 32.0 Å². The molecule has 1 unspecified atom stereocenters. The second-order valence-electron chi connectivity index (χ2n) is 7.73. The van der Waals surface area contributed by atoms with E-state index in [1.165, 1.54) is 0 Å². The normalized spacial score (nSPS) is 11.1. The van der Waals surface area contributed by atoms with E-state index in [0.717, 1.165) is 31.2 Å². The monoisotopic (exact) mass is 477 g/mol. The van der Waals surface area contributed by atoms with E-state index >= 15 is 0 Å². The van der Waals surface area contributed by atoms with Gasteiger partial charge in [-0.25, -0.2) is 4.79 Å². The van der Waals surface area contributed by atoms with Gasteiger partial charge in [0.05, 0.1) is 6.54 Å². The number of nitrogens with two attached hydrogens (primary N) is 1. The molecule has 0 aromatic heterocycles. The minimum atomic E-state index is -0.887. The molecule has 0 bridgehead atoms. The van der Waals surface area contributed by atoms with Crippen LogP contribution in [0.25, 0.3) is 0 Å². The molecule has 11 heteroatoms. The van der Waals surface area contributed by atoms with Gasteiger partial charge in [0.1, 0.15) is 12.6 Å². The summed E-state index contributed by atoms with van der Waals surface area (Å²) in [5.41, 5.74) is 6.29. The van der Waals surface area contributed by atoms with Gasteiger partial charge in [-0.3, -0.25) is 19.2 Å². The molecule has 0 saturated heterocycles. The van der Waals surface area contributed by atoms with Crippen LogP contribution in [0.1, 0.15) is 57.4 Å². The molecule has 34 heavy (non-hydrogen) atoms. The molecule has 11 nitrogen and oxygen atoms in total. The van der Waals surface area contributed by atoms with Gasteiger partial charge in [0, 0.05) is 18.7 Å². The summed E-state index contributed by atoms with van der Waals surface area (Å²) in [6.45, 7) is 2.57. The molecular formula is C23H35N5O6. The van der Waals surface area contributed by atoms with E-state index in [2.05, 4.69) is 32.9 Å². The minimum Gasteiger partial charge on any atom is -0.463 e. The number of anilines is 1. The van der Waals surface area contributed by atoms with Crippen LogP contribution in [-0.4, -0.2) is 49.4 Å². The summed E-state index contributed by atoms with van der Waals surface area (Å²) >= 11 is 0. The van der Waals surface area contributed by atoms with Gasteiger partial charge in [-0.2, -0.15) is 0 Å². The number of primary amides is 1. The van der Waals surface area contributed by atoms with Crippen molar-refractivity contribution in [2.24, 2.45) is 5.73 Å². The highest BCUT2D eigenvalue weighted by Crippen LogP contribution is 2.11. The number of hydrogen-bond donors (Lipinski definition) is 5. The van der Waals surface area contributed by atoms with Gasteiger partial charge in [0.2, 0.25) is 17.7 Å². The third-order valence-corrected chi connectivity index (χ3v) is 4.86. The molecule has 0 aliphatic carbocycles. The van der Waals surface area contributed by atoms with Crippen molar-refractivity contribution in [1.82, 2.24) is 16.0 Å². The van der Waals surface area contributed by atoms with Crippen molar-refractivity contribution in [2.45, 2.75) is 64.5 Å². The van der Waals surface area contributed by atoms with Gasteiger partial charge in [0.15, 0.2) is 0 Å². The number of ether oxygens (including phenoxy) is 1. The summed E-state index contributed by atoms with van der Waals surface area (Å²) in [7, 11) is 0. The Kier molecular flexibility index (Phi) is 14.1. The first-order valence-corrected chi connectivity index (χ1v) is 11.4. The molecule has 0 radical (unpaired) electrons. The topological polar surface area (TPSA) is 169 Å². The standard InChI is InChI=1S/C23H35N5O6/c1-2-3-4-5-8-20(30)26-14-21(31)28-19(7-6-13-25-23(24)33)22(32)27-18-11-9-17(10-12-18)15-34-16-29/h9-12,16,19H,2-8,13-15H2,1H3,(H,26,30)(H,27,32)(H,28,31)(H3,24,25,33). The Bertz CT molecular complexity index is 800. The van der Waals surface area contributed by atoms with Crippen LogP contribution in [0.4, 0.5) is 10.5 Å². The van der Waals surface area contributed by atoms with Gasteiger partial charge in [-0.1, -0.05) is 38.3 Å². The Balaban J connectivity index is 2.61. The number of benzene rings is 1. The maximum absolute atomic E-state index is 12.8. The van der Waals surface area contributed by atoms with E-state index in [4.69, 9.17) is 5.73 Å². The Labute approximate surface area is 199 Å². The van der Waals surface area contributed by atoms with Crippen molar-refractivity contribution >= 4 is 35.9 Å². The molecule has 0 aliphatic rings. The summed E-state index contributed by atoms with van der Waals surface area (Å²) in [6, 6.07) is 5.12. The number of unbranched alkanes of at least 4 members (excludes halogenated alkanes) is 3. The highest BCUT2D eigenvalue weighted by Gasteiger charge is 2.21. The molecule has 0 saturated carbocycles. The molecular weight excluding hydrogens is 442 g/mol. The van der Waals surface area contributed by atoms with Crippen LogP contribution in [0.5, 0.6) is 0 Å². The fraction of sp³-hybridized carbons (Fsp3) is 0.522. The Hall–Kier alpha value is -3.63. The van der Waals surface area contributed by atoms with Crippen LogP contribution in [0.15, 0.2) is 24.3 Å². The van der Waals surface area contributed by atoms with Crippen LogP contribution >= 0.6 is 0 Å². The van der Waals surface area contributed by atoms with Crippen molar-refractivity contribution < 1.29 is 28.7 Å². The second-order valence-corrected chi connectivity index (χ2v) is 7.73. The van der Waals surface area contributed by atoms with E-state index in [0.29, 0.717) is 25.0 Å². The van der Waals surface area contributed by atoms with E-state index < -0.39 is 23.9 Å². The lowest BCUT2D eigenvalue weighted by atomic mass is 10.1. The third kappa shape index (κ3) is 13.0. The van der Waals surface area contributed by atoms with E-state index in [1.54, 1.807) is 24.3 Å². The van der Waals surface area contributed by atoms with E-state index in [9.17, 15) is 24.0 Å². The molecule has 6 N–H and O–H groups in total. The Morgan fingerprint density at radius 3 is 2.38 bits per heavy atom. The molecule has 1 aromatic rings. The number of carbonyl (C=O) groups is 5. The molecule has 0 aliphatic heterocycles. The van der Waals surface area contributed by atoms with Gasteiger partial charge >= 0.3 is 6.03 Å². The largest absolute Gasteiger partial charge is 0.463 e. The fourth-order valence-corrected chi connectivity index (χ4v) is 3.06. The van der Waals surface area contributed by atoms with Gasteiger partial charge in [-0.05, 0) is 37.0 Å². The number of urea groups is 1. The first-order valence-electron chi connectivity index (χ1n) is 11.4. The predicted molar refractivity (Wildman–Crippen MR) is 126 cm³/mol. The summed E-state index contributed by atoms with van der Waals surface area (Å²) in [5.74, 6) is -1.15. The Morgan fingerprint density at radius 1 is 1.00 bits per heavy atom. The number of rotatable bonds is 17. The number of carbonyl (C=O) groups excluding carboxylic acids is 5. The first kappa shape index (κ1) is 28.4. The lowest BCUT2D eigenvalue weighted by Gasteiger charge is -2.19. The highest BCUT2D eigenvalue weighted by molar-refractivity contribution is 5.97. The summed E-state index contributed by atoms with van der Waals surface area (Å²) in [5, 5.41) is 10.4. The lowest BCUT2D eigenvalue weighted by Crippen LogP contribution is -2.47. The maximum atomic E-state index is 12.8. The van der Waals surface area contributed by atoms with Gasteiger partial charge in [0.25, 0.3) is 6.47 Å². The van der Waals surface area contributed by atoms with Crippen LogP contribution in [0, 0.1) is 0 Å². The lowest BCUT2D eigenvalue weighted by molar-refractivity contribution is -0.129. The molecule has 0 heterocycles. The fourth-order valence-electron chi connectivity index (χ4n) is 3.06. The number of hydrogen-bond acceptors (Lipinski definition) is 6. The molecule has 5 amide bonds. The number of nitrogens with one attached hydrogen (secondary N) is 4. The predicted octanol–water partition coefficient (Wildman–Crippen LogP) is 1.32. The van der Waals surface area contributed by atoms with Gasteiger partial charge in [-0.15, -0.1) is 0 Å². The molecule has 0 fully saturated rings. The van der Waals surface area contributed by atoms with Crippen molar-refractivity contribution in [3.8, 4) is 0 Å². The first-order chi connectivity index (χ1) is 16.3. The summed E-state index contributed by atoms with van der Waals surface area (Å²) < 4.78 is 4.68. The second kappa shape index (κ2) is 16.9. The zero-order chi connectivity index (χ0) is 25.2. The van der Waals surface area contributed by atoms with Crippen LogP contribution < -0.4 is 27.0 Å². The minimum absolute atomic E-state index is 0.119. The van der Waals surface area contributed by atoms with Crippen LogP contribution in [-0.2, 0) is 30.5 Å². The van der Waals surface area contributed by atoms with Gasteiger partial charge < -0.3 is 31.7 Å². The summed E-state index contributed by atoms with van der Waals surface area (Å²) in [6.07, 6.45) is 4.85. The quantitative estimate of drug-likeness (QED) is 0.167. The molecule has 1 aromatic carbocycles. The van der Waals surface area contributed by atoms with Crippen molar-refractivity contribution in [3.05, 3.63) is 29.8 Å². The average Bonchev–Trinajstić information content (AvgIpc) is 2.81. The van der Waals surface area contributed by atoms with Crippen molar-refractivity contribution in [2.75, 3.05) is 18.4 Å². The molecule has 1 atom stereocenters. The van der Waals surface area contributed by atoms with Crippen molar-refractivity contribution in [1.29, 1.82) is 0 Å². The molecule has 0 spiro atoms. The zero-order valence-corrected chi connectivity index (χ0v) is 19.6. The Morgan fingerprint density at radius 2 is 1.74 bits per heavy atom. The molecule has 188 valence electrons. The molecule has 1 rings (SSSR count). The highest BCUT2D eigenvalue weighted by atomic mass is 16.5.